The van der Waals surface area contributed by atoms with E-state index in [2.05, 4.69) is 15.1 Å². The van der Waals surface area contributed by atoms with Crippen LogP contribution in [-0.4, -0.2) is 34.9 Å². The molecule has 0 spiro atoms. The summed E-state index contributed by atoms with van der Waals surface area (Å²) in [6.45, 7) is 0.409. The van der Waals surface area contributed by atoms with Crippen LogP contribution < -0.4 is 5.73 Å². The lowest BCUT2D eigenvalue weighted by molar-refractivity contribution is 0.176. The minimum atomic E-state index is -0.412. The highest BCUT2D eigenvalue weighted by Gasteiger charge is 2.13. The normalized spacial score (nSPS) is 12.6. The Morgan fingerprint density at radius 1 is 1.50 bits per heavy atom. The van der Waals surface area contributed by atoms with Gasteiger partial charge in [0.25, 0.3) is 0 Å². The van der Waals surface area contributed by atoms with Gasteiger partial charge in [-0.25, -0.2) is 9.37 Å². The molecule has 0 aliphatic heterocycles. The quantitative estimate of drug-likeness (QED) is 0.846. The summed E-state index contributed by atoms with van der Waals surface area (Å²) in [5, 5.41) is 3.76. The molecule has 0 bridgehead atoms. The number of nitrogens with two attached hydrogens (primary N) is 1. The van der Waals surface area contributed by atoms with E-state index < -0.39 is 5.82 Å². The van der Waals surface area contributed by atoms with Crippen molar-refractivity contribution in [2.75, 3.05) is 13.7 Å². The minimum absolute atomic E-state index is 0.204. The van der Waals surface area contributed by atoms with Gasteiger partial charge in [0, 0.05) is 19.6 Å². The molecule has 2 rings (SSSR count). The number of ether oxygens (including phenoxy) is 1. The second-order valence-electron chi connectivity index (χ2n) is 3.79. The minimum Gasteiger partial charge on any atom is -0.383 e. The van der Waals surface area contributed by atoms with E-state index in [1.54, 1.807) is 7.11 Å². The molecule has 0 aliphatic rings. The first kappa shape index (κ1) is 12.6. The average molecular weight is 252 g/mol. The summed E-state index contributed by atoms with van der Waals surface area (Å²) in [5.41, 5.74) is 6.22. The lowest BCUT2D eigenvalue weighted by Crippen LogP contribution is -2.28. The summed E-state index contributed by atoms with van der Waals surface area (Å²) in [6.07, 6.45) is 1.52. The first-order valence-electron chi connectivity index (χ1n) is 5.38. The van der Waals surface area contributed by atoms with Gasteiger partial charge in [-0.2, -0.15) is 4.98 Å². The monoisotopic (exact) mass is 252 g/mol. The molecule has 0 fully saturated rings. The van der Waals surface area contributed by atoms with Crippen molar-refractivity contribution in [2.45, 2.75) is 12.5 Å². The molecule has 1 atom stereocenters. The fraction of sp³-hybridized carbons (Fsp3) is 0.364. The van der Waals surface area contributed by atoms with E-state index >= 15 is 0 Å². The van der Waals surface area contributed by atoms with E-state index in [1.807, 2.05) is 0 Å². The highest BCUT2D eigenvalue weighted by molar-refractivity contribution is 5.47. The molecule has 7 heteroatoms. The number of aromatic nitrogens is 3. The molecule has 0 saturated heterocycles. The molecule has 18 heavy (non-hydrogen) atoms. The molecule has 0 aromatic carbocycles. The van der Waals surface area contributed by atoms with Crippen LogP contribution in [0.2, 0.25) is 0 Å². The molecular formula is C11H13FN4O2. The summed E-state index contributed by atoms with van der Waals surface area (Å²) in [5.74, 6) is 0.305. The summed E-state index contributed by atoms with van der Waals surface area (Å²) < 4.78 is 22.7. The van der Waals surface area contributed by atoms with Crippen molar-refractivity contribution in [3.05, 3.63) is 30.0 Å². The predicted molar refractivity (Wildman–Crippen MR) is 61.0 cm³/mol. The fourth-order valence-corrected chi connectivity index (χ4v) is 1.45. The smallest absolute Gasteiger partial charge is 0.228 e. The van der Waals surface area contributed by atoms with Crippen LogP contribution in [0, 0.1) is 5.82 Å². The van der Waals surface area contributed by atoms with Gasteiger partial charge >= 0.3 is 0 Å². The van der Waals surface area contributed by atoms with Gasteiger partial charge in [-0.05, 0) is 12.1 Å². The van der Waals surface area contributed by atoms with Crippen molar-refractivity contribution >= 4 is 0 Å². The number of methoxy groups -OCH3 is 1. The predicted octanol–water partition coefficient (Wildman–Crippen LogP) is 0.787. The second kappa shape index (κ2) is 5.65. The van der Waals surface area contributed by atoms with Crippen LogP contribution in [-0.2, 0) is 11.2 Å². The molecule has 2 heterocycles. The SMILES string of the molecule is COCC(N)Cc1nc(-c2ccc(F)cn2)no1. The number of rotatable bonds is 5. The molecule has 2 aromatic rings. The third-order valence-corrected chi connectivity index (χ3v) is 2.24. The van der Waals surface area contributed by atoms with E-state index in [9.17, 15) is 4.39 Å². The zero-order valence-electron chi connectivity index (χ0n) is 9.84. The Morgan fingerprint density at radius 3 is 3.00 bits per heavy atom. The third kappa shape index (κ3) is 3.08. The zero-order valence-corrected chi connectivity index (χ0v) is 9.84. The first-order chi connectivity index (χ1) is 8.69. The topological polar surface area (TPSA) is 87.1 Å². The summed E-state index contributed by atoms with van der Waals surface area (Å²) in [7, 11) is 1.57. The van der Waals surface area contributed by atoms with Crippen molar-refractivity contribution in [1.29, 1.82) is 0 Å². The van der Waals surface area contributed by atoms with Gasteiger partial charge in [0.1, 0.15) is 11.5 Å². The Hall–Kier alpha value is -1.86. The Kier molecular flexibility index (Phi) is 3.96. The number of halogens is 1. The van der Waals surface area contributed by atoms with E-state index in [1.165, 1.54) is 12.1 Å². The zero-order chi connectivity index (χ0) is 13.0. The molecule has 0 radical (unpaired) electrons. The van der Waals surface area contributed by atoms with E-state index in [0.29, 0.717) is 30.4 Å². The molecule has 96 valence electrons. The van der Waals surface area contributed by atoms with Gasteiger partial charge in [-0.1, -0.05) is 5.16 Å². The largest absolute Gasteiger partial charge is 0.383 e. The summed E-state index contributed by atoms with van der Waals surface area (Å²) in [4.78, 5) is 8.00. The van der Waals surface area contributed by atoms with Gasteiger partial charge in [0.05, 0.1) is 12.8 Å². The van der Waals surface area contributed by atoms with Crippen molar-refractivity contribution in [3.63, 3.8) is 0 Å². The highest BCUT2D eigenvalue weighted by atomic mass is 19.1. The van der Waals surface area contributed by atoms with E-state index in [0.717, 1.165) is 6.20 Å². The average Bonchev–Trinajstić information content (AvgIpc) is 2.78. The number of nitrogens with zero attached hydrogens (tertiary/aromatic N) is 3. The van der Waals surface area contributed by atoms with Crippen LogP contribution >= 0.6 is 0 Å². The van der Waals surface area contributed by atoms with Crippen molar-refractivity contribution in [3.8, 4) is 11.5 Å². The number of hydrogen-bond acceptors (Lipinski definition) is 6. The van der Waals surface area contributed by atoms with Crippen LogP contribution in [0.3, 0.4) is 0 Å². The Labute approximate surface area is 103 Å². The maximum atomic E-state index is 12.7. The van der Waals surface area contributed by atoms with Gasteiger partial charge < -0.3 is 15.0 Å². The lowest BCUT2D eigenvalue weighted by atomic mass is 10.2. The van der Waals surface area contributed by atoms with Gasteiger partial charge in [-0.15, -0.1) is 0 Å². The number of hydrogen-bond donors (Lipinski definition) is 1. The Balaban J connectivity index is 2.08. The third-order valence-electron chi connectivity index (χ3n) is 2.24. The first-order valence-corrected chi connectivity index (χ1v) is 5.38. The van der Waals surface area contributed by atoms with Gasteiger partial charge in [0.2, 0.25) is 11.7 Å². The van der Waals surface area contributed by atoms with Crippen molar-refractivity contribution in [1.82, 2.24) is 15.1 Å². The Morgan fingerprint density at radius 2 is 2.33 bits per heavy atom. The molecule has 1 unspecified atom stereocenters. The van der Waals surface area contributed by atoms with Crippen molar-refractivity contribution in [2.24, 2.45) is 5.73 Å². The Bertz CT molecular complexity index is 500. The van der Waals surface area contributed by atoms with Crippen LogP contribution in [0.5, 0.6) is 0 Å². The van der Waals surface area contributed by atoms with Crippen LogP contribution in [0.25, 0.3) is 11.5 Å². The second-order valence-corrected chi connectivity index (χ2v) is 3.79. The van der Waals surface area contributed by atoms with Crippen LogP contribution in [0.15, 0.2) is 22.9 Å². The summed E-state index contributed by atoms with van der Waals surface area (Å²) in [6, 6.07) is 2.57. The maximum Gasteiger partial charge on any atom is 0.228 e. The standard InChI is InChI=1S/C11H13FN4O2/c1-17-6-8(13)4-10-15-11(16-18-10)9-3-2-7(12)5-14-9/h2-3,5,8H,4,6,13H2,1H3. The fourth-order valence-electron chi connectivity index (χ4n) is 1.45. The summed E-state index contributed by atoms with van der Waals surface area (Å²) >= 11 is 0. The molecular weight excluding hydrogens is 239 g/mol. The molecule has 2 aromatic heterocycles. The lowest BCUT2D eigenvalue weighted by Gasteiger charge is -2.05. The molecule has 6 nitrogen and oxygen atoms in total. The van der Waals surface area contributed by atoms with Crippen molar-refractivity contribution < 1.29 is 13.7 Å². The van der Waals surface area contributed by atoms with Crippen LogP contribution in [0.1, 0.15) is 5.89 Å². The van der Waals surface area contributed by atoms with Gasteiger partial charge in [-0.3, -0.25) is 0 Å². The molecule has 0 amide bonds. The number of pyridine rings is 1. The molecule has 0 aliphatic carbocycles. The van der Waals surface area contributed by atoms with E-state index in [4.69, 9.17) is 15.0 Å². The van der Waals surface area contributed by atoms with Gasteiger partial charge in [0.15, 0.2) is 0 Å². The molecule has 2 N–H and O–H groups in total. The molecule has 0 saturated carbocycles. The maximum absolute atomic E-state index is 12.7. The van der Waals surface area contributed by atoms with E-state index in [-0.39, 0.29) is 6.04 Å². The van der Waals surface area contributed by atoms with Crippen LogP contribution in [0.4, 0.5) is 4.39 Å². The highest BCUT2D eigenvalue weighted by Crippen LogP contribution is 2.13.